The third kappa shape index (κ3) is 7.25. The van der Waals surface area contributed by atoms with E-state index in [9.17, 15) is 24.8 Å². The molecule has 0 fully saturated rings. The molecule has 0 aliphatic carbocycles. The summed E-state index contributed by atoms with van der Waals surface area (Å²) in [5, 5.41) is 30.7. The fourth-order valence-electron chi connectivity index (χ4n) is 4.37. The van der Waals surface area contributed by atoms with Gasteiger partial charge in [-0.3, -0.25) is 15.5 Å². The van der Waals surface area contributed by atoms with Gasteiger partial charge in [0.15, 0.2) is 17.7 Å². The predicted octanol–water partition coefficient (Wildman–Crippen LogP) is 3.38. The van der Waals surface area contributed by atoms with Gasteiger partial charge >= 0.3 is 12.0 Å². The second-order valence-electron chi connectivity index (χ2n) is 9.26. The Hall–Kier alpha value is -5.57. The molecule has 15 nitrogen and oxygen atoms in total. The number of methoxy groups -OCH3 is 2. The Labute approximate surface area is 251 Å². The highest BCUT2D eigenvalue weighted by atomic mass is 16.6. The van der Waals surface area contributed by atoms with E-state index in [2.05, 4.69) is 21.2 Å². The maximum atomic E-state index is 12.4. The third-order valence-corrected chi connectivity index (χ3v) is 6.38. The molecule has 0 saturated heterocycles. The number of hydrogen-bond acceptors (Lipinski definition) is 12. The number of carbonyl (C=O) groups is 2. The average molecular weight is 610 g/mol. The van der Waals surface area contributed by atoms with Gasteiger partial charge < -0.3 is 39.1 Å². The number of benzene rings is 2. The number of nitro groups is 1. The summed E-state index contributed by atoms with van der Waals surface area (Å²) in [5.41, 5.74) is 4.11. The molecule has 1 aliphatic rings. The molecule has 0 unspecified atom stereocenters. The van der Waals surface area contributed by atoms with E-state index >= 15 is 0 Å². The summed E-state index contributed by atoms with van der Waals surface area (Å²) in [4.78, 5) is 35.1. The van der Waals surface area contributed by atoms with Crippen molar-refractivity contribution in [1.82, 2.24) is 16.1 Å². The van der Waals surface area contributed by atoms with Gasteiger partial charge in [0.1, 0.15) is 23.9 Å². The molecule has 0 radical (unpaired) electrons. The minimum absolute atomic E-state index is 0.112. The van der Waals surface area contributed by atoms with Crippen LogP contribution < -0.4 is 30.3 Å². The van der Waals surface area contributed by atoms with E-state index in [-0.39, 0.29) is 23.6 Å². The van der Waals surface area contributed by atoms with Crippen LogP contribution in [0.5, 0.6) is 17.2 Å². The number of nitrogens with zero attached hydrogens (tertiary/aromatic N) is 2. The Morgan fingerprint density at radius 3 is 2.66 bits per heavy atom. The van der Waals surface area contributed by atoms with Crippen molar-refractivity contribution < 1.29 is 43.0 Å². The van der Waals surface area contributed by atoms with Gasteiger partial charge in [-0.15, -0.1) is 0 Å². The lowest BCUT2D eigenvalue weighted by Crippen LogP contribution is -2.45. The Kier molecular flexibility index (Phi) is 10.0. The molecule has 4 rings (SSSR count). The summed E-state index contributed by atoms with van der Waals surface area (Å²) in [7, 11) is 2.66. The molecule has 0 bridgehead atoms. The lowest BCUT2D eigenvalue weighted by molar-refractivity contribution is -0.384. The number of aliphatic hydroxyl groups excluding tert-OH is 1. The van der Waals surface area contributed by atoms with Gasteiger partial charge in [-0.2, -0.15) is 5.10 Å². The fraction of sp³-hybridized carbons (Fsp3) is 0.276. The topological polar surface area (TPSA) is 196 Å². The van der Waals surface area contributed by atoms with E-state index in [1.54, 1.807) is 44.2 Å². The summed E-state index contributed by atoms with van der Waals surface area (Å²) >= 11 is 0. The van der Waals surface area contributed by atoms with Crippen molar-refractivity contribution in [3.63, 3.8) is 0 Å². The number of allylic oxidation sites excluding steroid dienone is 1. The van der Waals surface area contributed by atoms with Gasteiger partial charge in [-0.1, -0.05) is 6.07 Å². The summed E-state index contributed by atoms with van der Waals surface area (Å²) in [6, 6.07) is 11.1. The summed E-state index contributed by atoms with van der Waals surface area (Å²) in [5.74, 6) is 1.08. The number of aliphatic hydroxyl groups is 1. The number of ether oxygens (including phenoxy) is 4. The van der Waals surface area contributed by atoms with Crippen LogP contribution in [-0.2, 0) is 9.53 Å². The lowest BCUT2D eigenvalue weighted by atomic mass is 9.95. The van der Waals surface area contributed by atoms with E-state index in [4.69, 9.17) is 23.4 Å². The van der Waals surface area contributed by atoms with Gasteiger partial charge in [0.05, 0.1) is 55.2 Å². The van der Waals surface area contributed by atoms with Gasteiger partial charge in [0.2, 0.25) is 0 Å². The minimum Gasteiger partial charge on any atom is -0.496 e. The smallest absolute Gasteiger partial charge is 0.337 e. The first-order valence-corrected chi connectivity index (χ1v) is 13.3. The Morgan fingerprint density at radius 1 is 1.16 bits per heavy atom. The van der Waals surface area contributed by atoms with Crippen molar-refractivity contribution in [3.05, 3.63) is 81.2 Å². The van der Waals surface area contributed by atoms with E-state index in [1.165, 1.54) is 38.6 Å². The number of rotatable bonds is 13. The standard InChI is InChI=1S/C29H31N5O10/c1-5-42-24-12-17(27-26(28(36)41-4)16(2)31-29(37)32-27)6-10-22(24)43-15-25(35)33-30-14-19-8-11-21(44-19)20-9-7-18(34(38)39)13-23(20)40-3/h6-14,25,27,33,35H,5,15H2,1-4H3,(H2,31,32,37)/b30-14-/t25-,27-/m1/s1. The molecule has 1 aliphatic heterocycles. The molecular weight excluding hydrogens is 578 g/mol. The van der Waals surface area contributed by atoms with Crippen molar-refractivity contribution in [2.75, 3.05) is 27.4 Å². The number of hydrogen-bond donors (Lipinski definition) is 4. The number of hydrazone groups is 1. The van der Waals surface area contributed by atoms with Crippen LogP contribution in [-0.4, -0.2) is 61.9 Å². The number of non-ortho nitro benzene ring substituents is 1. The summed E-state index contributed by atoms with van der Waals surface area (Å²) in [6.45, 7) is 3.49. The van der Waals surface area contributed by atoms with Gasteiger partial charge in [0, 0.05) is 11.8 Å². The third-order valence-electron chi connectivity index (χ3n) is 6.38. The highest BCUT2D eigenvalue weighted by Gasteiger charge is 2.32. The van der Waals surface area contributed by atoms with Crippen molar-refractivity contribution in [1.29, 1.82) is 0 Å². The molecule has 2 aromatic carbocycles. The number of furan rings is 1. The SMILES string of the molecule is CCOc1cc([C@H]2NC(=O)NC(C)=C2C(=O)OC)ccc1OC[C@@H](O)N/N=C\c1ccc(-c2ccc([N+](=O)[O-])cc2OC)o1. The lowest BCUT2D eigenvalue weighted by Gasteiger charge is -2.28. The van der Waals surface area contributed by atoms with Gasteiger partial charge in [-0.05, 0) is 49.7 Å². The first-order valence-electron chi connectivity index (χ1n) is 13.3. The monoisotopic (exact) mass is 609 g/mol. The first kappa shape index (κ1) is 31.4. The van der Waals surface area contributed by atoms with Crippen molar-refractivity contribution in [2.24, 2.45) is 5.10 Å². The van der Waals surface area contributed by atoms with Crippen LogP contribution in [0.4, 0.5) is 10.5 Å². The Balaban J connectivity index is 1.40. The number of amides is 2. The highest BCUT2D eigenvalue weighted by molar-refractivity contribution is 5.95. The van der Waals surface area contributed by atoms with Crippen molar-refractivity contribution in [3.8, 4) is 28.6 Å². The zero-order valence-electron chi connectivity index (χ0n) is 24.3. The van der Waals surface area contributed by atoms with Crippen LogP contribution in [0.2, 0.25) is 0 Å². The van der Waals surface area contributed by atoms with Crippen molar-refractivity contribution in [2.45, 2.75) is 26.1 Å². The van der Waals surface area contributed by atoms with E-state index in [0.29, 0.717) is 46.5 Å². The number of carbonyl (C=O) groups excluding carboxylic acids is 2. The molecule has 2 heterocycles. The number of nitro benzene ring substituents is 1. The maximum Gasteiger partial charge on any atom is 0.337 e. The highest BCUT2D eigenvalue weighted by Crippen LogP contribution is 2.36. The maximum absolute atomic E-state index is 12.4. The molecule has 2 amide bonds. The molecule has 3 aromatic rings. The van der Waals surface area contributed by atoms with Crippen LogP contribution in [0, 0.1) is 10.1 Å². The number of nitrogens with one attached hydrogen (secondary N) is 3. The second kappa shape index (κ2) is 14.1. The van der Waals surface area contributed by atoms with Gasteiger partial charge in [-0.25, -0.2) is 9.59 Å². The van der Waals surface area contributed by atoms with Crippen LogP contribution in [0.25, 0.3) is 11.3 Å². The summed E-state index contributed by atoms with van der Waals surface area (Å²) in [6.07, 6.45) is 0.122. The second-order valence-corrected chi connectivity index (χ2v) is 9.26. The molecule has 2 atom stereocenters. The molecule has 4 N–H and O–H groups in total. The van der Waals surface area contributed by atoms with Crippen LogP contribution >= 0.6 is 0 Å². The Morgan fingerprint density at radius 2 is 1.95 bits per heavy atom. The molecule has 0 spiro atoms. The molecule has 1 aromatic heterocycles. The first-order chi connectivity index (χ1) is 21.1. The Bertz CT molecular complexity index is 1600. The molecule has 0 saturated carbocycles. The zero-order valence-corrected chi connectivity index (χ0v) is 24.3. The molecule has 232 valence electrons. The van der Waals surface area contributed by atoms with E-state index < -0.39 is 29.2 Å². The zero-order chi connectivity index (χ0) is 31.8. The predicted molar refractivity (Wildman–Crippen MR) is 156 cm³/mol. The van der Waals surface area contributed by atoms with E-state index in [1.807, 2.05) is 0 Å². The van der Waals surface area contributed by atoms with Crippen LogP contribution in [0.15, 0.2) is 69.3 Å². The van der Waals surface area contributed by atoms with E-state index in [0.717, 1.165) is 0 Å². The number of esters is 1. The van der Waals surface area contributed by atoms with Crippen LogP contribution in [0.1, 0.15) is 31.2 Å². The molecule has 44 heavy (non-hydrogen) atoms. The fourth-order valence-corrected chi connectivity index (χ4v) is 4.37. The van der Waals surface area contributed by atoms with Crippen molar-refractivity contribution >= 4 is 23.9 Å². The van der Waals surface area contributed by atoms with Crippen LogP contribution in [0.3, 0.4) is 0 Å². The summed E-state index contributed by atoms with van der Waals surface area (Å²) < 4.78 is 27.4. The van der Waals surface area contributed by atoms with Gasteiger partial charge in [0.25, 0.3) is 5.69 Å². The average Bonchev–Trinajstić information content (AvgIpc) is 3.48. The molecule has 15 heteroatoms. The normalized spacial score (nSPS) is 15.3. The number of urea groups is 1. The largest absolute Gasteiger partial charge is 0.496 e. The molecular formula is C29H31N5O10. The quantitative estimate of drug-likeness (QED) is 0.0729. The minimum atomic E-state index is -1.22.